The zero-order valence-electron chi connectivity index (χ0n) is 16.1. The van der Waals surface area contributed by atoms with Gasteiger partial charge in [-0.3, -0.25) is 19.1 Å². The fraction of sp³-hybridized carbons (Fsp3) is 0.190. The third-order valence-corrected chi connectivity index (χ3v) is 5.98. The van der Waals surface area contributed by atoms with Gasteiger partial charge in [0.2, 0.25) is 11.8 Å². The van der Waals surface area contributed by atoms with Gasteiger partial charge in [0.1, 0.15) is 12.2 Å². The van der Waals surface area contributed by atoms with Crippen LogP contribution in [0.1, 0.15) is 5.69 Å². The Kier molecular flexibility index (Phi) is 5.02. The van der Waals surface area contributed by atoms with Crippen LogP contribution < -0.4 is 15.8 Å². The molecule has 1 aromatic heterocycles. The molecule has 8 heteroatoms. The van der Waals surface area contributed by atoms with Crippen LogP contribution in [-0.2, 0) is 16.6 Å². The molecule has 29 heavy (non-hydrogen) atoms. The van der Waals surface area contributed by atoms with E-state index in [1.807, 2.05) is 54.6 Å². The molecule has 1 aliphatic heterocycles. The highest BCUT2D eigenvalue weighted by Crippen LogP contribution is 2.34. The number of para-hydroxylation sites is 2. The lowest BCUT2D eigenvalue weighted by Crippen LogP contribution is -2.41. The van der Waals surface area contributed by atoms with Crippen LogP contribution in [0, 0.1) is 6.92 Å². The van der Waals surface area contributed by atoms with E-state index in [9.17, 15) is 14.4 Å². The number of benzene rings is 2. The maximum Gasteiger partial charge on any atom is 0.295 e. The fourth-order valence-corrected chi connectivity index (χ4v) is 4.30. The van der Waals surface area contributed by atoms with Crippen LogP contribution >= 0.6 is 11.8 Å². The average molecular weight is 408 g/mol. The maximum atomic E-state index is 12.9. The number of nitrogens with one attached hydrogen (secondary N) is 1. The molecule has 148 valence electrons. The smallest absolute Gasteiger partial charge is 0.295 e. The Bertz CT molecular complexity index is 1150. The normalized spacial score (nSPS) is 13.3. The molecule has 1 aliphatic rings. The number of anilines is 2. The third-order valence-electron chi connectivity index (χ3n) is 4.93. The quantitative estimate of drug-likeness (QED) is 0.720. The van der Waals surface area contributed by atoms with Crippen molar-refractivity contribution in [3.63, 3.8) is 0 Å². The first-order valence-corrected chi connectivity index (χ1v) is 10.1. The van der Waals surface area contributed by atoms with Gasteiger partial charge >= 0.3 is 0 Å². The van der Waals surface area contributed by atoms with Gasteiger partial charge in [-0.05, 0) is 31.2 Å². The number of fused-ring (bicyclic) bond motifs is 1. The van der Waals surface area contributed by atoms with Gasteiger partial charge in [-0.25, -0.2) is 4.68 Å². The highest BCUT2D eigenvalue weighted by atomic mass is 32.2. The topological polar surface area (TPSA) is 76.3 Å². The van der Waals surface area contributed by atoms with Crippen molar-refractivity contribution >= 4 is 35.0 Å². The molecule has 0 unspecified atom stereocenters. The molecule has 0 spiro atoms. The molecular weight excluding hydrogens is 388 g/mol. The SMILES string of the molecule is Cc1c(NC(=O)CN2C(=O)CSc3ccccc32)c(=O)n(-c2ccccc2)n1C. The Balaban J connectivity index is 1.60. The molecule has 2 aromatic carbocycles. The molecule has 0 bridgehead atoms. The van der Waals surface area contributed by atoms with Gasteiger partial charge in [0.05, 0.1) is 22.8 Å². The Hall–Kier alpha value is -3.26. The van der Waals surface area contributed by atoms with E-state index < -0.39 is 5.91 Å². The van der Waals surface area contributed by atoms with E-state index in [2.05, 4.69) is 5.32 Å². The first-order chi connectivity index (χ1) is 14.0. The van der Waals surface area contributed by atoms with E-state index in [0.29, 0.717) is 11.4 Å². The lowest BCUT2D eigenvalue weighted by Gasteiger charge is -2.28. The number of nitrogens with zero attached hydrogens (tertiary/aromatic N) is 3. The Morgan fingerprint density at radius 2 is 1.76 bits per heavy atom. The van der Waals surface area contributed by atoms with Gasteiger partial charge < -0.3 is 10.2 Å². The molecule has 0 fully saturated rings. The van der Waals surface area contributed by atoms with E-state index >= 15 is 0 Å². The molecule has 0 saturated carbocycles. The monoisotopic (exact) mass is 408 g/mol. The van der Waals surface area contributed by atoms with Gasteiger partial charge in [0.25, 0.3) is 5.56 Å². The van der Waals surface area contributed by atoms with E-state index in [0.717, 1.165) is 10.6 Å². The Morgan fingerprint density at radius 3 is 2.52 bits per heavy atom. The highest BCUT2D eigenvalue weighted by Gasteiger charge is 2.27. The van der Waals surface area contributed by atoms with Gasteiger partial charge in [-0.2, -0.15) is 0 Å². The summed E-state index contributed by atoms with van der Waals surface area (Å²) in [5.41, 5.74) is 1.96. The van der Waals surface area contributed by atoms with Crippen LogP contribution in [-0.4, -0.2) is 33.5 Å². The number of carbonyl (C=O) groups excluding carboxylic acids is 2. The van der Waals surface area contributed by atoms with Gasteiger partial charge in [0, 0.05) is 11.9 Å². The van der Waals surface area contributed by atoms with Crippen molar-refractivity contribution in [2.24, 2.45) is 7.05 Å². The van der Waals surface area contributed by atoms with Crippen molar-refractivity contribution in [1.29, 1.82) is 0 Å². The highest BCUT2D eigenvalue weighted by molar-refractivity contribution is 8.00. The van der Waals surface area contributed by atoms with E-state index in [4.69, 9.17) is 0 Å². The molecule has 3 aromatic rings. The number of amides is 2. The minimum Gasteiger partial charge on any atom is -0.318 e. The summed E-state index contributed by atoms with van der Waals surface area (Å²) in [6, 6.07) is 16.7. The molecular formula is C21H20N4O3S. The average Bonchev–Trinajstić information content (AvgIpc) is 2.94. The molecule has 0 radical (unpaired) electrons. The molecule has 4 rings (SSSR count). The number of hydrogen-bond donors (Lipinski definition) is 1. The van der Waals surface area contributed by atoms with Crippen molar-refractivity contribution < 1.29 is 9.59 Å². The molecule has 0 saturated heterocycles. The first-order valence-electron chi connectivity index (χ1n) is 9.13. The summed E-state index contributed by atoms with van der Waals surface area (Å²) >= 11 is 1.46. The third kappa shape index (κ3) is 3.47. The van der Waals surface area contributed by atoms with Crippen molar-refractivity contribution in [3.05, 3.63) is 70.6 Å². The zero-order valence-corrected chi connectivity index (χ0v) is 16.9. The van der Waals surface area contributed by atoms with Crippen LogP contribution in [0.4, 0.5) is 11.4 Å². The molecule has 0 aliphatic carbocycles. The largest absolute Gasteiger partial charge is 0.318 e. The molecule has 0 atom stereocenters. The van der Waals surface area contributed by atoms with E-state index in [-0.39, 0.29) is 29.5 Å². The van der Waals surface area contributed by atoms with Gasteiger partial charge in [-0.15, -0.1) is 11.8 Å². The number of hydrogen-bond acceptors (Lipinski definition) is 4. The van der Waals surface area contributed by atoms with Crippen LogP contribution in [0.25, 0.3) is 5.69 Å². The van der Waals surface area contributed by atoms with Crippen molar-refractivity contribution in [2.45, 2.75) is 11.8 Å². The fourth-order valence-electron chi connectivity index (χ4n) is 3.36. The van der Waals surface area contributed by atoms with Crippen molar-refractivity contribution in [2.75, 3.05) is 22.5 Å². The maximum absolute atomic E-state index is 12.9. The summed E-state index contributed by atoms with van der Waals surface area (Å²) < 4.78 is 3.20. The van der Waals surface area contributed by atoms with Crippen LogP contribution in [0.5, 0.6) is 0 Å². The number of rotatable bonds is 4. The summed E-state index contributed by atoms with van der Waals surface area (Å²) in [4.78, 5) is 40.5. The standard InChI is InChI=1S/C21H20N4O3S/c1-14-20(21(28)25(23(14)2)15-8-4-3-5-9-15)22-18(26)12-24-16-10-6-7-11-17(16)29-13-19(24)27/h3-11H,12-13H2,1-2H3,(H,22,26). The molecule has 1 N–H and O–H groups in total. The second-order valence-corrected chi connectivity index (χ2v) is 7.74. The Morgan fingerprint density at radius 1 is 1.07 bits per heavy atom. The summed E-state index contributed by atoms with van der Waals surface area (Å²) in [6.07, 6.45) is 0. The number of aromatic nitrogens is 2. The predicted octanol–water partition coefficient (Wildman–Crippen LogP) is 2.56. The van der Waals surface area contributed by atoms with Gasteiger partial charge in [0.15, 0.2) is 0 Å². The van der Waals surface area contributed by atoms with Crippen molar-refractivity contribution in [1.82, 2.24) is 9.36 Å². The summed E-state index contributed by atoms with van der Waals surface area (Å²) in [5, 5.41) is 2.71. The molecule has 2 heterocycles. The van der Waals surface area contributed by atoms with Crippen molar-refractivity contribution in [3.8, 4) is 5.69 Å². The minimum absolute atomic E-state index is 0.129. The van der Waals surface area contributed by atoms with E-state index in [1.54, 1.807) is 18.7 Å². The zero-order chi connectivity index (χ0) is 20.5. The van der Waals surface area contributed by atoms with Crippen LogP contribution in [0.3, 0.4) is 0 Å². The number of carbonyl (C=O) groups is 2. The second kappa shape index (κ2) is 7.63. The minimum atomic E-state index is -0.411. The first kappa shape index (κ1) is 19.1. The lowest BCUT2D eigenvalue weighted by molar-refractivity contribution is -0.120. The van der Waals surface area contributed by atoms with E-state index in [1.165, 1.54) is 21.3 Å². The molecule has 7 nitrogen and oxygen atoms in total. The molecule has 2 amide bonds. The summed E-state index contributed by atoms with van der Waals surface area (Å²) in [5.74, 6) is -0.253. The summed E-state index contributed by atoms with van der Waals surface area (Å²) in [7, 11) is 1.76. The van der Waals surface area contributed by atoms with Gasteiger partial charge in [-0.1, -0.05) is 30.3 Å². The summed E-state index contributed by atoms with van der Waals surface area (Å²) in [6.45, 7) is 1.63. The Labute approximate surface area is 171 Å². The second-order valence-electron chi connectivity index (χ2n) is 6.72. The predicted molar refractivity (Wildman–Crippen MR) is 114 cm³/mol. The van der Waals surface area contributed by atoms with Crippen LogP contribution in [0.15, 0.2) is 64.3 Å². The lowest BCUT2D eigenvalue weighted by atomic mass is 10.2. The van der Waals surface area contributed by atoms with Crippen LogP contribution in [0.2, 0.25) is 0 Å². The number of thioether (sulfide) groups is 1.